The molecule has 0 saturated carbocycles. The second kappa shape index (κ2) is 9.22. The van der Waals surface area contributed by atoms with Crippen molar-refractivity contribution in [2.45, 2.75) is 0 Å². The predicted octanol–water partition coefficient (Wildman–Crippen LogP) is -3.98. The third-order valence-corrected chi connectivity index (χ3v) is 0.243. The van der Waals surface area contributed by atoms with Crippen LogP contribution in [0, 0.1) is 0 Å². The third-order valence-electron chi connectivity index (χ3n) is 0.243. The molecule has 0 aromatic rings. The van der Waals surface area contributed by atoms with E-state index >= 15 is 0 Å². The minimum absolute atomic E-state index is 0. The molecule has 0 unspecified atom stereocenters. The van der Waals surface area contributed by atoms with Gasteiger partial charge in [0.15, 0.2) is 0 Å². The van der Waals surface area contributed by atoms with Gasteiger partial charge < -0.3 is 24.7 Å². The molecule has 0 amide bonds. The van der Waals surface area contributed by atoms with Crippen molar-refractivity contribution in [2.75, 3.05) is 0 Å². The smallest absolute Gasteiger partial charge is 0.402 e. The molecule has 0 spiro atoms. The number of rotatable bonds is 2. The quantitative estimate of drug-likeness (QED) is 0.331. The van der Waals surface area contributed by atoms with Crippen LogP contribution in [0.5, 0.6) is 0 Å². The van der Waals surface area contributed by atoms with Crippen LogP contribution in [0.2, 0.25) is 0 Å². The van der Waals surface area contributed by atoms with Crippen LogP contribution in [0.15, 0.2) is 0 Å². The fourth-order valence-electron chi connectivity index (χ4n) is 0.109. The Balaban J connectivity index is -0.000000180. The van der Waals surface area contributed by atoms with Gasteiger partial charge in [-0.3, -0.25) is 0 Å². The minimum atomic E-state index is -2.13. The summed E-state index contributed by atoms with van der Waals surface area (Å²) in [5.41, 5.74) is 0. The van der Waals surface area contributed by atoms with Gasteiger partial charge in [0.2, 0.25) is 0 Å². The van der Waals surface area contributed by atoms with E-state index < -0.39 is 14.6 Å². The van der Waals surface area contributed by atoms with Gasteiger partial charge in [-0.25, -0.2) is 0 Å². The fourth-order valence-corrected chi connectivity index (χ4v) is 0.109. The van der Waals surface area contributed by atoms with Gasteiger partial charge in [-0.15, -0.1) is 0 Å². The van der Waals surface area contributed by atoms with Crippen molar-refractivity contribution in [2.24, 2.45) is 0 Å². The first kappa shape index (κ1) is 16.7. The van der Waals surface area contributed by atoms with Crippen LogP contribution in [0.4, 0.5) is 0 Å². The fraction of sp³-hybridized carbons (Fsp3) is 0. The van der Waals surface area contributed by atoms with E-state index in [1.807, 2.05) is 0 Å². The van der Waals surface area contributed by atoms with Crippen molar-refractivity contribution in [3.05, 3.63) is 0 Å². The number of hydrogen-bond acceptors (Lipinski definition) is 5. The third kappa shape index (κ3) is 17.6. The summed E-state index contributed by atoms with van der Waals surface area (Å²) in [6.07, 6.45) is 0. The minimum Gasteiger partial charge on any atom is -0.402 e. The molecule has 0 aliphatic rings. The van der Waals surface area contributed by atoms with Gasteiger partial charge in [-0.05, 0) is 0 Å². The Hall–Kier alpha value is 1.22. The van der Waals surface area contributed by atoms with E-state index in [4.69, 9.17) is 20.1 Å². The van der Waals surface area contributed by atoms with Gasteiger partial charge in [0.25, 0.3) is 0 Å². The molecule has 0 bridgehead atoms. The van der Waals surface area contributed by atoms with Crippen molar-refractivity contribution in [3.8, 4) is 0 Å². The van der Waals surface area contributed by atoms with Crippen LogP contribution >= 0.6 is 0 Å². The zero-order chi connectivity index (χ0) is 5.86. The average molecular weight is 188 g/mol. The number of hydrogen-bond donors (Lipinski definition) is 4. The van der Waals surface area contributed by atoms with Crippen LogP contribution in [-0.4, -0.2) is 57.8 Å². The van der Waals surface area contributed by atoms with Crippen LogP contribution in [0.25, 0.3) is 0 Å². The Morgan fingerprint density at radius 1 is 0.889 bits per heavy atom. The second-order valence-corrected chi connectivity index (χ2v) is 0.789. The molecular formula is H6B2FeMgO5. The standard InChI is InChI=1S/B2H4O5.Fe.Mg.2H/c3-1(4)7-2(5)6;;;;/h3-6H;;;;. The first-order valence-electron chi connectivity index (χ1n) is 1.50. The zero-order valence-electron chi connectivity index (χ0n) is 3.71. The average Bonchev–Trinajstić information content (AvgIpc) is 1.27. The molecule has 0 fully saturated rings. The molecule has 0 aromatic carbocycles. The van der Waals surface area contributed by atoms with Gasteiger partial charge in [0.1, 0.15) is 0 Å². The van der Waals surface area contributed by atoms with Gasteiger partial charge in [-0.1, -0.05) is 0 Å². The molecular weight excluding hydrogens is 182 g/mol. The molecule has 0 radical (unpaired) electrons. The summed E-state index contributed by atoms with van der Waals surface area (Å²) >= 11 is 0. The van der Waals surface area contributed by atoms with E-state index in [2.05, 4.69) is 4.57 Å². The van der Waals surface area contributed by atoms with Crippen molar-refractivity contribution in [1.82, 2.24) is 0 Å². The first-order valence-corrected chi connectivity index (χ1v) is 1.50. The van der Waals surface area contributed by atoms with Gasteiger partial charge in [-0.2, -0.15) is 0 Å². The molecule has 0 aliphatic carbocycles. The van der Waals surface area contributed by atoms with E-state index in [-0.39, 0.29) is 40.1 Å². The molecule has 0 aliphatic heterocycles. The summed E-state index contributed by atoms with van der Waals surface area (Å²) in [5, 5.41) is 30.9. The molecule has 0 rings (SSSR count). The van der Waals surface area contributed by atoms with Gasteiger partial charge >= 0.3 is 37.7 Å². The maximum atomic E-state index is 7.74. The van der Waals surface area contributed by atoms with Crippen LogP contribution in [-0.2, 0) is 21.6 Å². The molecule has 0 atom stereocenters. The molecule has 0 aromatic heterocycles. The Bertz CT molecular complexity index is 44.2. The van der Waals surface area contributed by atoms with E-state index in [1.54, 1.807) is 0 Å². The summed E-state index contributed by atoms with van der Waals surface area (Å²) in [6.45, 7) is 0. The first-order chi connectivity index (χ1) is 3.13. The van der Waals surface area contributed by atoms with Gasteiger partial charge in [0, 0.05) is 17.1 Å². The molecule has 0 saturated heterocycles. The second-order valence-electron chi connectivity index (χ2n) is 0.789. The van der Waals surface area contributed by atoms with Gasteiger partial charge in [0.05, 0.1) is 0 Å². The molecule has 0 heterocycles. The Kier molecular flexibility index (Phi) is 17.1. The van der Waals surface area contributed by atoms with E-state index in [0.717, 1.165) is 0 Å². The summed E-state index contributed by atoms with van der Waals surface area (Å²) in [5.74, 6) is 0. The van der Waals surface area contributed by atoms with Crippen molar-refractivity contribution >= 4 is 37.7 Å². The molecule has 4 N–H and O–H groups in total. The Morgan fingerprint density at radius 2 is 1.11 bits per heavy atom. The largest absolute Gasteiger partial charge is 0.621 e. The predicted molar refractivity (Wildman–Crippen MR) is 30.0 cm³/mol. The maximum Gasteiger partial charge on any atom is 0.621 e. The van der Waals surface area contributed by atoms with E-state index in [9.17, 15) is 0 Å². The summed E-state index contributed by atoms with van der Waals surface area (Å²) in [7, 11) is -4.25. The SMILES string of the molecule is OB(O)OB(O)O.[Fe].[MgH2]. The summed E-state index contributed by atoms with van der Waals surface area (Å²) < 4.78 is 3.47. The topological polar surface area (TPSA) is 90.2 Å². The Labute approximate surface area is 79.4 Å². The summed E-state index contributed by atoms with van der Waals surface area (Å²) in [6, 6.07) is 0. The normalized spacial score (nSPS) is 6.67. The Morgan fingerprint density at radius 3 is 1.11 bits per heavy atom. The van der Waals surface area contributed by atoms with Crippen LogP contribution < -0.4 is 0 Å². The van der Waals surface area contributed by atoms with Crippen molar-refractivity contribution in [1.29, 1.82) is 0 Å². The maximum absolute atomic E-state index is 7.74. The van der Waals surface area contributed by atoms with E-state index in [1.165, 1.54) is 0 Å². The molecule has 9 heteroatoms. The summed E-state index contributed by atoms with van der Waals surface area (Å²) in [4.78, 5) is 0. The zero-order valence-corrected chi connectivity index (χ0v) is 4.81. The van der Waals surface area contributed by atoms with Crippen LogP contribution in [0.3, 0.4) is 0 Å². The van der Waals surface area contributed by atoms with E-state index in [0.29, 0.717) is 0 Å². The molecule has 9 heavy (non-hydrogen) atoms. The van der Waals surface area contributed by atoms with Crippen molar-refractivity contribution in [3.63, 3.8) is 0 Å². The molecule has 5 nitrogen and oxygen atoms in total. The van der Waals surface area contributed by atoms with Crippen LogP contribution in [0.1, 0.15) is 0 Å². The molecule has 52 valence electrons. The monoisotopic (exact) mass is 188 g/mol. The van der Waals surface area contributed by atoms with Crippen molar-refractivity contribution < 1.29 is 41.7 Å².